The van der Waals surface area contributed by atoms with Crippen molar-refractivity contribution >= 4 is 51.5 Å². The molecule has 9 heteroatoms. The van der Waals surface area contributed by atoms with E-state index in [0.29, 0.717) is 19.0 Å². The van der Waals surface area contributed by atoms with E-state index in [2.05, 4.69) is 55.5 Å². The molecule has 0 fully saturated rings. The lowest BCUT2D eigenvalue weighted by Gasteiger charge is -2.09. The predicted octanol–water partition coefficient (Wildman–Crippen LogP) is 4.86. The second-order valence-corrected chi connectivity index (χ2v) is 7.54. The van der Waals surface area contributed by atoms with E-state index in [1.807, 2.05) is 41.9 Å². The molecule has 0 saturated carbocycles. The van der Waals surface area contributed by atoms with Gasteiger partial charge >= 0.3 is 0 Å². The first-order chi connectivity index (χ1) is 13.6. The summed E-state index contributed by atoms with van der Waals surface area (Å²) in [4.78, 5) is 9.23. The van der Waals surface area contributed by atoms with E-state index in [4.69, 9.17) is 4.52 Å². The van der Waals surface area contributed by atoms with Crippen LogP contribution in [0.2, 0.25) is 0 Å². The summed E-state index contributed by atoms with van der Waals surface area (Å²) in [5.41, 5.74) is 2.84. The van der Waals surface area contributed by atoms with Gasteiger partial charge in [-0.1, -0.05) is 19.0 Å². The Bertz CT molecular complexity index is 934. The maximum atomic E-state index is 5.48. The van der Waals surface area contributed by atoms with Crippen molar-refractivity contribution in [2.75, 3.05) is 6.54 Å². The lowest BCUT2D eigenvalue weighted by atomic mass is 9.99. The molecule has 158 valence electrons. The molecule has 0 saturated heterocycles. The van der Waals surface area contributed by atoms with Gasteiger partial charge in [0.05, 0.1) is 24.5 Å². The Kier molecular flexibility index (Phi) is 9.41. The van der Waals surface area contributed by atoms with Crippen LogP contribution in [0.3, 0.4) is 0 Å². The van der Waals surface area contributed by atoms with Gasteiger partial charge in [0.25, 0.3) is 0 Å². The van der Waals surface area contributed by atoms with Gasteiger partial charge in [0.15, 0.2) is 11.7 Å². The molecule has 7 nitrogen and oxygen atoms in total. The molecule has 0 aromatic carbocycles. The van der Waals surface area contributed by atoms with Crippen LogP contribution in [-0.2, 0) is 13.1 Å². The Balaban J connectivity index is 0.00000300. The van der Waals surface area contributed by atoms with Crippen molar-refractivity contribution in [2.45, 2.75) is 52.6 Å². The van der Waals surface area contributed by atoms with Gasteiger partial charge in [-0.15, -0.1) is 24.0 Å². The summed E-state index contributed by atoms with van der Waals surface area (Å²) in [6.45, 7) is 8.20. The van der Waals surface area contributed by atoms with Gasteiger partial charge < -0.3 is 19.6 Å². The summed E-state index contributed by atoms with van der Waals surface area (Å²) in [7, 11) is 0. The maximum Gasteiger partial charge on any atom is 0.192 e. The van der Waals surface area contributed by atoms with Crippen molar-refractivity contribution in [3.05, 3.63) is 52.2 Å². The number of nitrogens with one attached hydrogen (secondary N) is 2. The summed E-state index contributed by atoms with van der Waals surface area (Å²) >= 11 is 3.48. The largest absolute Gasteiger partial charge is 0.359 e. The molecule has 0 atom stereocenters. The first-order valence-electron chi connectivity index (χ1n) is 9.73. The van der Waals surface area contributed by atoms with E-state index in [0.717, 1.165) is 52.6 Å². The van der Waals surface area contributed by atoms with Gasteiger partial charge in [-0.3, -0.25) is 0 Å². The quantitative estimate of drug-likeness (QED) is 0.228. The van der Waals surface area contributed by atoms with Crippen LogP contribution in [0.15, 0.2) is 44.6 Å². The van der Waals surface area contributed by atoms with E-state index in [1.54, 1.807) is 0 Å². The summed E-state index contributed by atoms with van der Waals surface area (Å²) in [6, 6.07) is 5.99. The zero-order valence-electron chi connectivity index (χ0n) is 17.0. The van der Waals surface area contributed by atoms with Crippen LogP contribution in [0.5, 0.6) is 0 Å². The molecule has 0 amide bonds. The fourth-order valence-corrected chi connectivity index (χ4v) is 3.43. The Morgan fingerprint density at radius 3 is 2.72 bits per heavy atom. The topological polar surface area (TPSA) is 79.8 Å². The first-order valence-corrected chi connectivity index (χ1v) is 10.5. The third-order valence-electron chi connectivity index (χ3n) is 4.62. The Morgan fingerprint density at radius 2 is 2.00 bits per heavy atom. The molecule has 0 radical (unpaired) electrons. The Morgan fingerprint density at radius 1 is 1.21 bits per heavy atom. The minimum absolute atomic E-state index is 0. The minimum Gasteiger partial charge on any atom is -0.359 e. The van der Waals surface area contributed by atoms with Crippen LogP contribution in [0, 0.1) is 0 Å². The van der Waals surface area contributed by atoms with E-state index < -0.39 is 0 Å². The molecule has 3 rings (SSSR count). The second kappa shape index (κ2) is 11.5. The zero-order valence-corrected chi connectivity index (χ0v) is 20.9. The van der Waals surface area contributed by atoms with Crippen LogP contribution in [-0.4, -0.2) is 27.0 Å². The maximum absolute atomic E-state index is 5.48. The van der Waals surface area contributed by atoms with Crippen molar-refractivity contribution in [3.63, 3.8) is 0 Å². The zero-order chi connectivity index (χ0) is 19.9. The second-order valence-electron chi connectivity index (χ2n) is 6.63. The Labute approximate surface area is 196 Å². The normalized spacial score (nSPS) is 11.7. The molecule has 0 unspecified atom stereocenters. The highest BCUT2D eigenvalue weighted by Crippen LogP contribution is 2.22. The molecule has 29 heavy (non-hydrogen) atoms. The average molecular weight is 575 g/mol. The fourth-order valence-electron chi connectivity index (χ4n) is 3.08. The van der Waals surface area contributed by atoms with E-state index in [1.165, 1.54) is 0 Å². The monoisotopic (exact) mass is 574 g/mol. The van der Waals surface area contributed by atoms with Crippen molar-refractivity contribution in [1.29, 1.82) is 0 Å². The summed E-state index contributed by atoms with van der Waals surface area (Å²) in [5, 5.41) is 10.8. The van der Waals surface area contributed by atoms with Gasteiger partial charge in [-0.05, 0) is 47.8 Å². The summed E-state index contributed by atoms with van der Waals surface area (Å²) in [6.07, 6.45) is 6.11. The van der Waals surface area contributed by atoms with Crippen LogP contribution >= 0.6 is 39.9 Å². The highest BCUT2D eigenvalue weighted by atomic mass is 127. The molecule has 3 heterocycles. The third-order valence-corrected chi connectivity index (χ3v) is 5.09. The summed E-state index contributed by atoms with van der Waals surface area (Å²) in [5.74, 6) is 1.99. The molecule has 0 bridgehead atoms. The van der Waals surface area contributed by atoms with Crippen LogP contribution in [0.25, 0.3) is 5.65 Å². The van der Waals surface area contributed by atoms with Gasteiger partial charge in [-0.2, -0.15) is 0 Å². The SMILES string of the molecule is CCNC(=NCc1cn2cc(Br)ccc2n1)NCc1cc(C(CC)CC)no1.I. The molecular formula is C20H28BrIN6O. The molecule has 0 aliphatic heterocycles. The molecular weight excluding hydrogens is 547 g/mol. The molecule has 3 aromatic heterocycles. The van der Waals surface area contributed by atoms with Crippen molar-refractivity contribution in [2.24, 2.45) is 4.99 Å². The molecule has 0 aliphatic carbocycles. The number of rotatable bonds is 8. The predicted molar refractivity (Wildman–Crippen MR) is 130 cm³/mol. The smallest absolute Gasteiger partial charge is 0.192 e. The number of hydrogen-bond donors (Lipinski definition) is 2. The lowest BCUT2D eigenvalue weighted by Crippen LogP contribution is -2.36. The van der Waals surface area contributed by atoms with Crippen molar-refractivity contribution < 1.29 is 4.52 Å². The van der Waals surface area contributed by atoms with Gasteiger partial charge in [-0.25, -0.2) is 9.98 Å². The average Bonchev–Trinajstić information content (AvgIpc) is 3.31. The van der Waals surface area contributed by atoms with Gasteiger partial charge in [0, 0.05) is 35.4 Å². The standard InChI is InChI=1S/C20H27BrN6O.HI/c1-4-14(5-2)18-9-17(28-26-18)11-24-20(22-6-3)23-10-16-13-27-12-15(21)7-8-19(27)25-16;/h7-9,12-14H,4-6,10-11H2,1-3H3,(H2,22,23,24);1H. The van der Waals surface area contributed by atoms with E-state index in [9.17, 15) is 0 Å². The highest BCUT2D eigenvalue weighted by Gasteiger charge is 2.13. The van der Waals surface area contributed by atoms with E-state index in [-0.39, 0.29) is 24.0 Å². The lowest BCUT2D eigenvalue weighted by molar-refractivity contribution is 0.368. The van der Waals surface area contributed by atoms with Crippen molar-refractivity contribution in [1.82, 2.24) is 25.2 Å². The third kappa shape index (κ3) is 6.43. The molecule has 0 spiro atoms. The number of pyridine rings is 1. The summed E-state index contributed by atoms with van der Waals surface area (Å²) < 4.78 is 8.48. The number of aromatic nitrogens is 3. The number of fused-ring (bicyclic) bond motifs is 1. The van der Waals surface area contributed by atoms with Crippen LogP contribution in [0.4, 0.5) is 0 Å². The highest BCUT2D eigenvalue weighted by molar-refractivity contribution is 14.0. The molecule has 2 N–H and O–H groups in total. The molecule has 3 aromatic rings. The Hall–Kier alpha value is -1.62. The van der Waals surface area contributed by atoms with Crippen LogP contribution < -0.4 is 10.6 Å². The first kappa shape index (κ1) is 23.7. The number of aliphatic imine (C=N–C) groups is 1. The van der Waals surface area contributed by atoms with Gasteiger partial charge in [0.2, 0.25) is 0 Å². The number of halogens is 2. The number of guanidine groups is 1. The molecule has 0 aliphatic rings. The fraction of sp³-hybridized carbons (Fsp3) is 0.450. The van der Waals surface area contributed by atoms with Gasteiger partial charge in [0.1, 0.15) is 5.65 Å². The number of nitrogens with zero attached hydrogens (tertiary/aromatic N) is 4. The minimum atomic E-state index is 0. The van der Waals surface area contributed by atoms with E-state index >= 15 is 0 Å². The number of imidazole rings is 1. The number of hydrogen-bond acceptors (Lipinski definition) is 4. The van der Waals surface area contributed by atoms with Crippen LogP contribution in [0.1, 0.15) is 56.7 Å². The van der Waals surface area contributed by atoms with Crippen molar-refractivity contribution in [3.8, 4) is 0 Å².